The molecule has 2 aromatic rings. The number of nitrogens with one attached hydrogen (secondary N) is 1. The molecule has 0 unspecified atom stereocenters. The molecule has 4 nitrogen and oxygen atoms in total. The number of para-hydroxylation sites is 1. The first-order chi connectivity index (χ1) is 8.58. The molecule has 0 aliphatic heterocycles. The summed E-state index contributed by atoms with van der Waals surface area (Å²) in [6.45, 7) is 0. The van der Waals surface area contributed by atoms with E-state index in [4.69, 9.17) is 34.8 Å². The first kappa shape index (κ1) is 13.1. The van der Waals surface area contributed by atoms with Gasteiger partial charge in [-0.25, -0.2) is 0 Å². The Labute approximate surface area is 118 Å². The summed E-state index contributed by atoms with van der Waals surface area (Å²) >= 11 is 17.4. The molecule has 0 spiro atoms. The number of aromatic nitrogens is 2. The van der Waals surface area contributed by atoms with Gasteiger partial charge < -0.3 is 5.32 Å². The number of hydrogen-bond acceptors (Lipinski definition) is 3. The minimum absolute atomic E-state index is 0.121. The van der Waals surface area contributed by atoms with Crippen molar-refractivity contribution in [1.82, 2.24) is 10.2 Å². The highest BCUT2D eigenvalue weighted by Crippen LogP contribution is 2.29. The van der Waals surface area contributed by atoms with Crippen molar-refractivity contribution >= 4 is 46.4 Å². The summed E-state index contributed by atoms with van der Waals surface area (Å²) in [5.74, 6) is -0.464. The Morgan fingerprint density at radius 1 is 1.00 bits per heavy atom. The molecule has 0 aliphatic carbocycles. The summed E-state index contributed by atoms with van der Waals surface area (Å²) in [5.41, 5.74) is 0.456. The smallest absolute Gasteiger partial charge is 0.276 e. The van der Waals surface area contributed by atoms with Crippen LogP contribution in [0, 0.1) is 0 Å². The van der Waals surface area contributed by atoms with E-state index >= 15 is 0 Å². The van der Waals surface area contributed by atoms with Crippen LogP contribution in [0.5, 0.6) is 0 Å². The standard InChI is InChI=1S/C11H6Cl3N3O/c12-6-2-1-3-7(13)10(6)15-11(18)8-4-5-9(14)17-16-8/h1-5H,(H,15,18). The second-order valence-electron chi connectivity index (χ2n) is 3.29. The van der Waals surface area contributed by atoms with Crippen molar-refractivity contribution in [3.05, 3.63) is 51.2 Å². The fourth-order valence-corrected chi connectivity index (χ4v) is 1.82. The van der Waals surface area contributed by atoms with Crippen molar-refractivity contribution in [3.63, 3.8) is 0 Å². The fraction of sp³-hybridized carbons (Fsp3) is 0. The highest BCUT2D eigenvalue weighted by molar-refractivity contribution is 6.40. The summed E-state index contributed by atoms with van der Waals surface area (Å²) in [7, 11) is 0. The predicted octanol–water partition coefficient (Wildman–Crippen LogP) is 3.69. The van der Waals surface area contributed by atoms with Gasteiger partial charge in [-0.2, -0.15) is 0 Å². The van der Waals surface area contributed by atoms with Crippen LogP contribution in [0.1, 0.15) is 10.5 Å². The van der Waals surface area contributed by atoms with Crippen LogP contribution in [-0.2, 0) is 0 Å². The zero-order chi connectivity index (χ0) is 13.1. The van der Waals surface area contributed by atoms with Gasteiger partial charge in [-0.3, -0.25) is 4.79 Å². The molecule has 7 heteroatoms. The van der Waals surface area contributed by atoms with Gasteiger partial charge >= 0.3 is 0 Å². The van der Waals surface area contributed by atoms with Crippen LogP contribution in [0.3, 0.4) is 0 Å². The van der Waals surface area contributed by atoms with E-state index in [0.717, 1.165) is 0 Å². The average Bonchev–Trinajstić information content (AvgIpc) is 2.34. The Morgan fingerprint density at radius 3 is 2.22 bits per heavy atom. The maximum atomic E-state index is 11.9. The molecule has 1 aromatic heterocycles. The van der Waals surface area contributed by atoms with E-state index in [2.05, 4.69) is 15.5 Å². The molecular formula is C11H6Cl3N3O. The lowest BCUT2D eigenvalue weighted by Crippen LogP contribution is -2.14. The molecule has 0 aliphatic rings. The van der Waals surface area contributed by atoms with Gasteiger partial charge in [0.15, 0.2) is 10.8 Å². The molecule has 1 N–H and O–H groups in total. The normalized spacial score (nSPS) is 10.2. The Kier molecular flexibility index (Phi) is 4.01. The van der Waals surface area contributed by atoms with Crippen molar-refractivity contribution in [2.24, 2.45) is 0 Å². The van der Waals surface area contributed by atoms with Crippen LogP contribution >= 0.6 is 34.8 Å². The number of amides is 1. The highest BCUT2D eigenvalue weighted by atomic mass is 35.5. The fourth-order valence-electron chi connectivity index (χ4n) is 1.23. The number of carbonyl (C=O) groups is 1. The van der Waals surface area contributed by atoms with Crippen molar-refractivity contribution in [2.45, 2.75) is 0 Å². The zero-order valence-electron chi connectivity index (χ0n) is 8.82. The second kappa shape index (κ2) is 5.52. The largest absolute Gasteiger partial charge is 0.318 e. The SMILES string of the molecule is O=C(Nc1c(Cl)cccc1Cl)c1ccc(Cl)nn1. The molecule has 0 atom stereocenters. The Hall–Kier alpha value is -1.36. The van der Waals surface area contributed by atoms with Crippen LogP contribution in [0.2, 0.25) is 15.2 Å². The number of anilines is 1. The number of carbonyl (C=O) groups excluding carboxylic acids is 1. The van der Waals surface area contributed by atoms with E-state index in [-0.39, 0.29) is 10.8 Å². The molecule has 92 valence electrons. The maximum absolute atomic E-state index is 11.9. The molecule has 0 saturated carbocycles. The Bertz CT molecular complexity index is 566. The van der Waals surface area contributed by atoms with Gasteiger partial charge in [-0.1, -0.05) is 40.9 Å². The van der Waals surface area contributed by atoms with Crippen molar-refractivity contribution < 1.29 is 4.79 Å². The number of rotatable bonds is 2. The molecule has 0 bridgehead atoms. The average molecular weight is 303 g/mol. The zero-order valence-corrected chi connectivity index (χ0v) is 11.1. The number of nitrogens with zero attached hydrogens (tertiary/aromatic N) is 2. The molecular weight excluding hydrogens is 296 g/mol. The van der Waals surface area contributed by atoms with Gasteiger partial charge in [0, 0.05) is 0 Å². The van der Waals surface area contributed by atoms with Crippen LogP contribution in [-0.4, -0.2) is 16.1 Å². The van der Waals surface area contributed by atoms with E-state index in [0.29, 0.717) is 15.7 Å². The topological polar surface area (TPSA) is 54.9 Å². The van der Waals surface area contributed by atoms with E-state index in [1.807, 2.05) is 0 Å². The number of hydrogen-bond donors (Lipinski definition) is 1. The third-order valence-electron chi connectivity index (χ3n) is 2.07. The lowest BCUT2D eigenvalue weighted by atomic mass is 10.3. The van der Waals surface area contributed by atoms with E-state index in [1.54, 1.807) is 18.2 Å². The van der Waals surface area contributed by atoms with Gasteiger partial charge in [-0.05, 0) is 24.3 Å². The first-order valence-corrected chi connectivity index (χ1v) is 5.96. The molecule has 0 saturated heterocycles. The summed E-state index contributed by atoms with van der Waals surface area (Å²) in [6, 6.07) is 7.85. The summed E-state index contributed by atoms with van der Waals surface area (Å²) in [4.78, 5) is 11.9. The van der Waals surface area contributed by atoms with Crippen LogP contribution in [0.15, 0.2) is 30.3 Å². The molecule has 0 radical (unpaired) electrons. The summed E-state index contributed by atoms with van der Waals surface area (Å²) in [5, 5.41) is 10.7. The lowest BCUT2D eigenvalue weighted by molar-refractivity contribution is 0.102. The number of halogens is 3. The minimum Gasteiger partial charge on any atom is -0.318 e. The Morgan fingerprint density at radius 2 is 1.67 bits per heavy atom. The van der Waals surface area contributed by atoms with Gasteiger partial charge in [0.05, 0.1) is 15.7 Å². The summed E-state index contributed by atoms with van der Waals surface area (Å²) in [6.07, 6.45) is 0. The monoisotopic (exact) mass is 301 g/mol. The number of benzene rings is 1. The van der Waals surface area contributed by atoms with Gasteiger partial charge in [-0.15, -0.1) is 10.2 Å². The van der Waals surface area contributed by atoms with Gasteiger partial charge in [0.2, 0.25) is 0 Å². The Balaban J connectivity index is 2.24. The van der Waals surface area contributed by atoms with Gasteiger partial charge in [0.1, 0.15) is 0 Å². The molecule has 0 fully saturated rings. The van der Waals surface area contributed by atoms with E-state index < -0.39 is 5.91 Å². The van der Waals surface area contributed by atoms with Crippen LogP contribution < -0.4 is 5.32 Å². The van der Waals surface area contributed by atoms with E-state index in [1.165, 1.54) is 12.1 Å². The van der Waals surface area contributed by atoms with Crippen LogP contribution in [0.25, 0.3) is 0 Å². The minimum atomic E-state index is -0.464. The van der Waals surface area contributed by atoms with Gasteiger partial charge in [0.25, 0.3) is 5.91 Å². The second-order valence-corrected chi connectivity index (χ2v) is 4.49. The lowest BCUT2D eigenvalue weighted by Gasteiger charge is -2.08. The molecule has 1 amide bonds. The molecule has 1 heterocycles. The van der Waals surface area contributed by atoms with Crippen molar-refractivity contribution in [3.8, 4) is 0 Å². The van der Waals surface area contributed by atoms with Crippen LogP contribution in [0.4, 0.5) is 5.69 Å². The molecule has 2 rings (SSSR count). The van der Waals surface area contributed by atoms with E-state index in [9.17, 15) is 4.79 Å². The quantitative estimate of drug-likeness (QED) is 0.920. The third-order valence-corrected chi connectivity index (χ3v) is 2.90. The first-order valence-electron chi connectivity index (χ1n) is 4.82. The molecule has 1 aromatic carbocycles. The molecule has 18 heavy (non-hydrogen) atoms. The maximum Gasteiger partial charge on any atom is 0.276 e. The van der Waals surface area contributed by atoms with Crippen molar-refractivity contribution in [2.75, 3.05) is 5.32 Å². The third kappa shape index (κ3) is 2.90. The predicted molar refractivity (Wildman–Crippen MR) is 71.5 cm³/mol. The van der Waals surface area contributed by atoms with Crippen molar-refractivity contribution in [1.29, 1.82) is 0 Å². The highest BCUT2D eigenvalue weighted by Gasteiger charge is 2.12. The summed E-state index contributed by atoms with van der Waals surface area (Å²) < 4.78 is 0.